The highest BCUT2D eigenvalue weighted by molar-refractivity contribution is 5.89. The summed E-state index contributed by atoms with van der Waals surface area (Å²) in [6.45, 7) is 3.65. The molecule has 0 saturated heterocycles. The Balaban J connectivity index is 2.54. The predicted molar refractivity (Wildman–Crippen MR) is 61.8 cm³/mol. The Labute approximate surface area is 90.1 Å². The molecule has 0 aliphatic rings. The van der Waals surface area contributed by atoms with Crippen molar-refractivity contribution in [1.82, 2.24) is 4.90 Å². The molecule has 0 atom stereocenters. The van der Waals surface area contributed by atoms with Crippen molar-refractivity contribution in [2.75, 3.05) is 25.0 Å². The van der Waals surface area contributed by atoms with Crippen LogP contribution in [0.25, 0.3) is 0 Å². The van der Waals surface area contributed by atoms with Gasteiger partial charge in [0, 0.05) is 25.3 Å². The van der Waals surface area contributed by atoms with Gasteiger partial charge in [-0.3, -0.25) is 0 Å². The van der Waals surface area contributed by atoms with Crippen molar-refractivity contribution in [3.8, 4) is 0 Å². The second-order valence-electron chi connectivity index (χ2n) is 3.16. The van der Waals surface area contributed by atoms with Gasteiger partial charge in [-0.25, -0.2) is 4.79 Å². The molecular weight excluding hydrogens is 190 g/mol. The Hall–Kier alpha value is -1.55. The molecular formula is C11H17N3O. The van der Waals surface area contributed by atoms with Gasteiger partial charge in [-0.2, -0.15) is 0 Å². The maximum atomic E-state index is 11.7. The summed E-state index contributed by atoms with van der Waals surface area (Å²) < 4.78 is 0. The molecule has 0 spiro atoms. The first-order valence-corrected chi connectivity index (χ1v) is 5.09. The molecule has 1 aromatic carbocycles. The van der Waals surface area contributed by atoms with Gasteiger partial charge in [0.2, 0.25) is 0 Å². The minimum atomic E-state index is -0.103. The third-order valence-electron chi connectivity index (χ3n) is 2.09. The minimum Gasteiger partial charge on any atom is -0.329 e. The zero-order chi connectivity index (χ0) is 11.1. The SMILES string of the molecule is CCN(CCN)C(=O)Nc1ccccc1. The molecule has 0 saturated carbocycles. The lowest BCUT2D eigenvalue weighted by atomic mass is 10.3. The molecule has 0 bridgehead atoms. The van der Waals surface area contributed by atoms with Crippen LogP contribution < -0.4 is 11.1 Å². The number of hydrogen-bond acceptors (Lipinski definition) is 2. The lowest BCUT2D eigenvalue weighted by Gasteiger charge is -2.20. The van der Waals surface area contributed by atoms with Crippen molar-refractivity contribution >= 4 is 11.7 Å². The topological polar surface area (TPSA) is 58.4 Å². The van der Waals surface area contributed by atoms with E-state index in [2.05, 4.69) is 5.32 Å². The zero-order valence-corrected chi connectivity index (χ0v) is 8.94. The molecule has 82 valence electrons. The van der Waals surface area contributed by atoms with Crippen LogP contribution in [0.1, 0.15) is 6.92 Å². The summed E-state index contributed by atoms with van der Waals surface area (Å²) in [5.74, 6) is 0. The average Bonchev–Trinajstić information content (AvgIpc) is 2.27. The van der Waals surface area contributed by atoms with E-state index in [9.17, 15) is 4.79 Å². The monoisotopic (exact) mass is 207 g/mol. The van der Waals surface area contributed by atoms with Gasteiger partial charge in [-0.05, 0) is 19.1 Å². The fourth-order valence-corrected chi connectivity index (χ4v) is 1.28. The lowest BCUT2D eigenvalue weighted by molar-refractivity contribution is 0.216. The van der Waals surface area contributed by atoms with Crippen molar-refractivity contribution in [2.24, 2.45) is 5.73 Å². The van der Waals surface area contributed by atoms with E-state index in [1.807, 2.05) is 37.3 Å². The number of carbonyl (C=O) groups excluding carboxylic acids is 1. The Bertz CT molecular complexity index is 300. The van der Waals surface area contributed by atoms with Crippen LogP contribution in [-0.2, 0) is 0 Å². The van der Waals surface area contributed by atoms with Gasteiger partial charge in [-0.15, -0.1) is 0 Å². The molecule has 4 heteroatoms. The van der Waals surface area contributed by atoms with Crippen LogP contribution in [0.2, 0.25) is 0 Å². The van der Waals surface area contributed by atoms with Crippen LogP contribution in [0, 0.1) is 0 Å². The normalized spacial score (nSPS) is 9.73. The maximum absolute atomic E-state index is 11.7. The Kier molecular flexibility index (Phi) is 4.63. The van der Waals surface area contributed by atoms with Gasteiger partial charge in [0.1, 0.15) is 0 Å². The molecule has 1 aromatic rings. The van der Waals surface area contributed by atoms with Crippen LogP contribution in [0.3, 0.4) is 0 Å². The highest BCUT2D eigenvalue weighted by atomic mass is 16.2. The zero-order valence-electron chi connectivity index (χ0n) is 8.94. The first kappa shape index (κ1) is 11.5. The van der Waals surface area contributed by atoms with Gasteiger partial charge in [0.25, 0.3) is 0 Å². The van der Waals surface area contributed by atoms with Crippen LogP contribution in [0.4, 0.5) is 10.5 Å². The number of urea groups is 1. The van der Waals surface area contributed by atoms with E-state index < -0.39 is 0 Å². The van der Waals surface area contributed by atoms with E-state index in [1.54, 1.807) is 4.90 Å². The van der Waals surface area contributed by atoms with Gasteiger partial charge >= 0.3 is 6.03 Å². The van der Waals surface area contributed by atoms with E-state index in [-0.39, 0.29) is 6.03 Å². The third kappa shape index (κ3) is 3.59. The van der Waals surface area contributed by atoms with E-state index in [0.717, 1.165) is 5.69 Å². The maximum Gasteiger partial charge on any atom is 0.321 e. The first-order chi connectivity index (χ1) is 7.27. The number of anilines is 1. The van der Waals surface area contributed by atoms with Crippen LogP contribution in [-0.4, -0.2) is 30.6 Å². The number of para-hydroxylation sites is 1. The Morgan fingerprint density at radius 2 is 2.07 bits per heavy atom. The number of benzene rings is 1. The number of hydrogen-bond donors (Lipinski definition) is 2. The second-order valence-corrected chi connectivity index (χ2v) is 3.16. The van der Waals surface area contributed by atoms with E-state index in [0.29, 0.717) is 19.6 Å². The second kappa shape index (κ2) is 6.03. The average molecular weight is 207 g/mol. The van der Waals surface area contributed by atoms with Gasteiger partial charge in [-0.1, -0.05) is 18.2 Å². The first-order valence-electron chi connectivity index (χ1n) is 5.09. The van der Waals surface area contributed by atoms with Crippen molar-refractivity contribution in [2.45, 2.75) is 6.92 Å². The summed E-state index contributed by atoms with van der Waals surface area (Å²) in [5, 5.41) is 2.81. The van der Waals surface area contributed by atoms with E-state index in [1.165, 1.54) is 0 Å². The van der Waals surface area contributed by atoms with Crippen molar-refractivity contribution in [3.63, 3.8) is 0 Å². The number of nitrogens with two attached hydrogens (primary N) is 1. The van der Waals surface area contributed by atoms with E-state index in [4.69, 9.17) is 5.73 Å². The molecule has 4 nitrogen and oxygen atoms in total. The summed E-state index contributed by atoms with van der Waals surface area (Å²) in [4.78, 5) is 13.4. The van der Waals surface area contributed by atoms with Gasteiger partial charge in [0.05, 0.1) is 0 Å². The molecule has 0 aromatic heterocycles. The molecule has 0 fully saturated rings. The smallest absolute Gasteiger partial charge is 0.321 e. The van der Waals surface area contributed by atoms with E-state index >= 15 is 0 Å². The largest absolute Gasteiger partial charge is 0.329 e. The molecule has 0 aliphatic heterocycles. The highest BCUT2D eigenvalue weighted by Gasteiger charge is 2.09. The molecule has 0 unspecified atom stereocenters. The number of nitrogens with one attached hydrogen (secondary N) is 1. The summed E-state index contributed by atoms with van der Waals surface area (Å²) >= 11 is 0. The molecule has 3 N–H and O–H groups in total. The molecule has 2 amide bonds. The summed E-state index contributed by atoms with van der Waals surface area (Å²) in [7, 11) is 0. The number of likely N-dealkylation sites (N-methyl/N-ethyl adjacent to an activating group) is 1. The molecule has 0 aliphatic carbocycles. The summed E-state index contributed by atoms with van der Waals surface area (Å²) in [5.41, 5.74) is 6.22. The Morgan fingerprint density at radius 3 is 2.60 bits per heavy atom. The molecule has 0 radical (unpaired) electrons. The predicted octanol–water partition coefficient (Wildman–Crippen LogP) is 1.50. The third-order valence-corrected chi connectivity index (χ3v) is 2.09. The van der Waals surface area contributed by atoms with Crippen LogP contribution in [0.5, 0.6) is 0 Å². The van der Waals surface area contributed by atoms with Crippen molar-refractivity contribution in [1.29, 1.82) is 0 Å². The van der Waals surface area contributed by atoms with Crippen molar-refractivity contribution < 1.29 is 4.79 Å². The Morgan fingerprint density at radius 1 is 1.40 bits per heavy atom. The van der Waals surface area contributed by atoms with Crippen LogP contribution in [0.15, 0.2) is 30.3 Å². The molecule has 1 rings (SSSR count). The van der Waals surface area contributed by atoms with Crippen LogP contribution >= 0.6 is 0 Å². The number of nitrogens with zero attached hydrogens (tertiary/aromatic N) is 1. The van der Waals surface area contributed by atoms with Crippen molar-refractivity contribution in [3.05, 3.63) is 30.3 Å². The quantitative estimate of drug-likeness (QED) is 0.786. The standard InChI is InChI=1S/C11H17N3O/c1-2-14(9-8-12)11(15)13-10-6-4-3-5-7-10/h3-7H,2,8-9,12H2,1H3,(H,13,15). The molecule has 0 heterocycles. The number of amides is 2. The molecule has 15 heavy (non-hydrogen) atoms. The van der Waals surface area contributed by atoms with Gasteiger partial charge in [0.15, 0.2) is 0 Å². The number of carbonyl (C=O) groups is 1. The minimum absolute atomic E-state index is 0.103. The summed E-state index contributed by atoms with van der Waals surface area (Å²) in [6, 6.07) is 9.29. The van der Waals surface area contributed by atoms with Gasteiger partial charge < -0.3 is 16.0 Å². The summed E-state index contributed by atoms with van der Waals surface area (Å²) in [6.07, 6.45) is 0. The fraction of sp³-hybridized carbons (Fsp3) is 0.364. The lowest BCUT2D eigenvalue weighted by Crippen LogP contribution is -2.38. The highest BCUT2D eigenvalue weighted by Crippen LogP contribution is 2.06. The fourth-order valence-electron chi connectivity index (χ4n) is 1.28. The number of rotatable bonds is 4.